The summed E-state index contributed by atoms with van der Waals surface area (Å²) in [6.07, 6.45) is 0.953. The summed E-state index contributed by atoms with van der Waals surface area (Å²) in [4.78, 5) is 0. The number of benzene rings is 2. The van der Waals surface area contributed by atoms with E-state index < -0.39 is 0 Å². The van der Waals surface area contributed by atoms with Crippen LogP contribution in [0.4, 0.5) is 11.4 Å². The van der Waals surface area contributed by atoms with Gasteiger partial charge in [-0.3, -0.25) is 0 Å². The first-order valence-corrected chi connectivity index (χ1v) is 7.18. The quantitative estimate of drug-likeness (QED) is 0.684. The maximum absolute atomic E-state index is 9.03. The van der Waals surface area contributed by atoms with Crippen LogP contribution in [0, 0.1) is 0 Å². The Bertz CT molecular complexity index is 568. The second-order valence-corrected chi connectivity index (χ2v) is 4.89. The number of nitrogens with one attached hydrogen (secondary N) is 1. The van der Waals surface area contributed by atoms with Crippen LogP contribution in [0.25, 0.3) is 0 Å². The number of hydrogen-bond acceptors (Lipinski definition) is 4. The highest BCUT2D eigenvalue weighted by molar-refractivity contribution is 5.72. The van der Waals surface area contributed by atoms with E-state index in [1.54, 1.807) is 0 Å². The van der Waals surface area contributed by atoms with Gasteiger partial charge in [-0.15, -0.1) is 0 Å². The van der Waals surface area contributed by atoms with Crippen LogP contribution in [0.2, 0.25) is 0 Å². The Morgan fingerprint density at radius 2 is 1.81 bits per heavy atom. The van der Waals surface area contributed by atoms with Gasteiger partial charge in [0.1, 0.15) is 5.75 Å². The third-order valence-corrected chi connectivity index (χ3v) is 3.22. The van der Waals surface area contributed by atoms with Gasteiger partial charge in [0, 0.05) is 6.54 Å². The molecule has 0 aromatic heterocycles. The zero-order valence-electron chi connectivity index (χ0n) is 12.3. The van der Waals surface area contributed by atoms with E-state index in [4.69, 9.17) is 15.6 Å². The monoisotopic (exact) mass is 286 g/mol. The van der Waals surface area contributed by atoms with Crippen molar-refractivity contribution in [1.29, 1.82) is 0 Å². The number of ether oxygens (including phenoxy) is 1. The maximum atomic E-state index is 9.03. The first kappa shape index (κ1) is 15.2. The van der Waals surface area contributed by atoms with Gasteiger partial charge in [0.15, 0.2) is 0 Å². The Kier molecular flexibility index (Phi) is 5.46. The smallest absolute Gasteiger partial charge is 0.144 e. The van der Waals surface area contributed by atoms with E-state index in [0.29, 0.717) is 18.8 Å². The molecule has 2 aromatic carbocycles. The van der Waals surface area contributed by atoms with Crippen molar-refractivity contribution in [2.24, 2.45) is 0 Å². The molecule has 0 aliphatic carbocycles. The van der Waals surface area contributed by atoms with E-state index in [9.17, 15) is 0 Å². The molecule has 0 heterocycles. The number of aliphatic hydroxyl groups excluding tert-OH is 1. The number of anilines is 2. The maximum Gasteiger partial charge on any atom is 0.144 e. The normalized spacial score (nSPS) is 10.4. The van der Waals surface area contributed by atoms with Gasteiger partial charge < -0.3 is 20.9 Å². The summed E-state index contributed by atoms with van der Waals surface area (Å²) in [5.41, 5.74) is 9.66. The average Bonchev–Trinajstić information content (AvgIpc) is 2.53. The molecule has 0 saturated heterocycles. The second-order valence-electron chi connectivity index (χ2n) is 4.89. The van der Waals surface area contributed by atoms with Crippen LogP contribution >= 0.6 is 0 Å². The van der Waals surface area contributed by atoms with E-state index in [1.807, 2.05) is 42.5 Å². The molecule has 0 radical (unpaired) electrons. The summed E-state index contributed by atoms with van der Waals surface area (Å²) in [5, 5.41) is 12.3. The Morgan fingerprint density at radius 3 is 2.48 bits per heavy atom. The molecule has 0 amide bonds. The molecule has 0 aliphatic rings. The fourth-order valence-corrected chi connectivity index (χ4v) is 2.00. The van der Waals surface area contributed by atoms with Crippen LogP contribution in [0.15, 0.2) is 42.5 Å². The van der Waals surface area contributed by atoms with Crippen molar-refractivity contribution in [3.05, 3.63) is 53.6 Å². The highest BCUT2D eigenvalue weighted by atomic mass is 16.5. The van der Waals surface area contributed by atoms with Crippen molar-refractivity contribution in [1.82, 2.24) is 0 Å². The molecular weight excluding hydrogens is 264 g/mol. The molecule has 0 bridgehead atoms. The van der Waals surface area contributed by atoms with Crippen LogP contribution in [0.5, 0.6) is 5.75 Å². The molecule has 0 unspecified atom stereocenters. The number of hydrogen-bond donors (Lipinski definition) is 3. The number of aliphatic hydroxyl groups is 1. The zero-order chi connectivity index (χ0) is 15.1. The first-order valence-electron chi connectivity index (χ1n) is 7.18. The number of nitrogens with two attached hydrogens (primary N) is 1. The molecule has 4 N–H and O–H groups in total. The molecule has 0 saturated carbocycles. The topological polar surface area (TPSA) is 67.5 Å². The second kappa shape index (κ2) is 7.55. The number of rotatable bonds is 7. The predicted octanol–water partition coefficient (Wildman–Crippen LogP) is 3.16. The largest absolute Gasteiger partial charge is 0.491 e. The minimum atomic E-state index is 0.0669. The molecule has 0 fully saturated rings. The Morgan fingerprint density at radius 1 is 1.10 bits per heavy atom. The van der Waals surface area contributed by atoms with Gasteiger partial charge in [-0.25, -0.2) is 0 Å². The molecule has 0 aliphatic heterocycles. The van der Waals surface area contributed by atoms with E-state index in [0.717, 1.165) is 29.0 Å². The lowest BCUT2D eigenvalue weighted by Gasteiger charge is -2.13. The summed E-state index contributed by atoms with van der Waals surface area (Å²) in [6.45, 7) is 3.47. The van der Waals surface area contributed by atoms with Gasteiger partial charge in [0.05, 0.1) is 24.6 Å². The molecule has 0 atom stereocenters. The molecule has 21 heavy (non-hydrogen) atoms. The van der Waals surface area contributed by atoms with E-state index in [-0.39, 0.29) is 6.61 Å². The average molecular weight is 286 g/mol. The van der Waals surface area contributed by atoms with Crippen LogP contribution in [0.1, 0.15) is 24.5 Å². The SMILES string of the molecule is CCCOc1cccc(NCc2ccc(CO)cc2)c1N. The van der Waals surface area contributed by atoms with Crippen LogP contribution < -0.4 is 15.8 Å². The number of nitrogen functional groups attached to an aromatic ring is 1. The summed E-state index contributed by atoms with van der Waals surface area (Å²) >= 11 is 0. The molecule has 0 spiro atoms. The van der Waals surface area contributed by atoms with Crippen LogP contribution in [0.3, 0.4) is 0 Å². The van der Waals surface area contributed by atoms with E-state index in [1.165, 1.54) is 0 Å². The zero-order valence-corrected chi connectivity index (χ0v) is 12.3. The lowest BCUT2D eigenvalue weighted by molar-refractivity contribution is 0.282. The number of para-hydroxylation sites is 1. The van der Waals surface area contributed by atoms with Gasteiger partial charge in [0.25, 0.3) is 0 Å². The molecule has 2 aromatic rings. The third-order valence-electron chi connectivity index (χ3n) is 3.22. The molecule has 112 valence electrons. The predicted molar refractivity (Wildman–Crippen MR) is 86.3 cm³/mol. The van der Waals surface area contributed by atoms with Crippen molar-refractivity contribution >= 4 is 11.4 Å². The van der Waals surface area contributed by atoms with Crippen LogP contribution in [-0.4, -0.2) is 11.7 Å². The molecule has 2 rings (SSSR count). The standard InChI is InChI=1S/C17H22N2O2/c1-2-10-21-16-5-3-4-15(17(16)18)19-11-13-6-8-14(12-20)9-7-13/h3-9,19-20H,2,10-12,18H2,1H3. The third kappa shape index (κ3) is 4.13. The van der Waals surface area contributed by atoms with Crippen molar-refractivity contribution in [3.63, 3.8) is 0 Å². The van der Waals surface area contributed by atoms with Crippen molar-refractivity contribution in [2.45, 2.75) is 26.5 Å². The Labute approximate surface area is 125 Å². The van der Waals surface area contributed by atoms with Gasteiger partial charge in [-0.1, -0.05) is 37.3 Å². The minimum Gasteiger partial charge on any atom is -0.491 e. The summed E-state index contributed by atoms with van der Waals surface area (Å²) in [7, 11) is 0. The van der Waals surface area contributed by atoms with Gasteiger partial charge >= 0.3 is 0 Å². The molecule has 4 nitrogen and oxygen atoms in total. The fourth-order valence-electron chi connectivity index (χ4n) is 2.00. The lowest BCUT2D eigenvalue weighted by Crippen LogP contribution is -2.05. The van der Waals surface area contributed by atoms with Crippen molar-refractivity contribution in [2.75, 3.05) is 17.7 Å². The van der Waals surface area contributed by atoms with E-state index >= 15 is 0 Å². The Hall–Kier alpha value is -2.20. The van der Waals surface area contributed by atoms with Gasteiger partial charge in [0.2, 0.25) is 0 Å². The summed E-state index contributed by atoms with van der Waals surface area (Å²) < 4.78 is 5.62. The fraction of sp³-hybridized carbons (Fsp3) is 0.294. The molecule has 4 heteroatoms. The highest BCUT2D eigenvalue weighted by Crippen LogP contribution is 2.29. The first-order chi connectivity index (χ1) is 10.2. The van der Waals surface area contributed by atoms with Gasteiger partial charge in [-0.2, -0.15) is 0 Å². The Balaban J connectivity index is 2.01. The van der Waals surface area contributed by atoms with E-state index in [2.05, 4.69) is 12.2 Å². The minimum absolute atomic E-state index is 0.0669. The van der Waals surface area contributed by atoms with Crippen LogP contribution in [-0.2, 0) is 13.2 Å². The summed E-state index contributed by atoms with van der Waals surface area (Å²) in [6, 6.07) is 13.6. The van der Waals surface area contributed by atoms with Gasteiger partial charge in [-0.05, 0) is 29.7 Å². The van der Waals surface area contributed by atoms with Crippen molar-refractivity contribution in [3.8, 4) is 5.75 Å². The summed E-state index contributed by atoms with van der Waals surface area (Å²) in [5.74, 6) is 0.720. The van der Waals surface area contributed by atoms with Crippen molar-refractivity contribution < 1.29 is 9.84 Å². The highest BCUT2D eigenvalue weighted by Gasteiger charge is 2.05. The lowest BCUT2D eigenvalue weighted by atomic mass is 10.1. The molecular formula is C17H22N2O2.